The molecule has 2 heterocycles. The van der Waals surface area contributed by atoms with E-state index in [9.17, 15) is 5.11 Å². The van der Waals surface area contributed by atoms with Gasteiger partial charge in [-0.25, -0.2) is 4.98 Å². The van der Waals surface area contributed by atoms with Gasteiger partial charge in [-0.15, -0.1) is 0 Å². The van der Waals surface area contributed by atoms with Crippen LogP contribution in [0.3, 0.4) is 0 Å². The topological polar surface area (TPSA) is 38.0 Å². The number of phenols is 1. The highest BCUT2D eigenvalue weighted by Gasteiger charge is 2.23. The summed E-state index contributed by atoms with van der Waals surface area (Å²) >= 11 is 0. The normalized spacial score (nSPS) is 14.6. The van der Waals surface area contributed by atoms with E-state index in [4.69, 9.17) is 4.98 Å². The third kappa shape index (κ3) is 2.50. The Morgan fingerprint density at radius 2 is 1.75 bits per heavy atom. The van der Waals surface area contributed by atoms with Gasteiger partial charge in [0.25, 0.3) is 0 Å². The van der Waals surface area contributed by atoms with Crippen LogP contribution in [0.4, 0.5) is 0 Å². The molecule has 1 fully saturated rings. The van der Waals surface area contributed by atoms with E-state index in [-0.39, 0.29) is 0 Å². The van der Waals surface area contributed by atoms with Crippen LogP contribution in [0.1, 0.15) is 42.1 Å². The zero-order valence-corrected chi connectivity index (χ0v) is 14.2. The molecule has 3 heteroatoms. The molecule has 0 unspecified atom stereocenters. The second-order valence-electron chi connectivity index (χ2n) is 6.73. The van der Waals surface area contributed by atoms with Crippen molar-refractivity contribution in [1.29, 1.82) is 0 Å². The molecule has 0 aliphatic heterocycles. The van der Waals surface area contributed by atoms with Gasteiger partial charge in [0.2, 0.25) is 0 Å². The lowest BCUT2D eigenvalue weighted by Gasteiger charge is -2.28. The van der Waals surface area contributed by atoms with Gasteiger partial charge in [0, 0.05) is 17.0 Å². The minimum Gasteiger partial charge on any atom is -0.508 e. The molecule has 0 spiro atoms. The third-order valence-corrected chi connectivity index (χ3v) is 5.09. The number of nitrogens with zero attached hydrogens (tertiary/aromatic N) is 2. The predicted octanol–water partition coefficient (Wildman–Crippen LogP) is 5.13. The van der Waals surface area contributed by atoms with Gasteiger partial charge in [-0.2, -0.15) is 0 Å². The average molecular weight is 318 g/mol. The fourth-order valence-electron chi connectivity index (χ4n) is 3.57. The van der Waals surface area contributed by atoms with Crippen LogP contribution >= 0.6 is 0 Å². The number of phenolic OH excluding ortho intramolecular Hbond substituents is 1. The SMILES string of the molecule is Cc1ccc(C)n1-c1cccc(-c2ccc(O)cc2C2CCC2)n1. The molecule has 1 aliphatic carbocycles. The van der Waals surface area contributed by atoms with Crippen molar-refractivity contribution in [1.82, 2.24) is 9.55 Å². The Kier molecular flexibility index (Phi) is 3.64. The highest BCUT2D eigenvalue weighted by atomic mass is 16.3. The highest BCUT2D eigenvalue weighted by molar-refractivity contribution is 5.67. The number of aromatic nitrogens is 2. The number of hydrogen-bond donors (Lipinski definition) is 1. The quantitative estimate of drug-likeness (QED) is 0.727. The number of pyridine rings is 1. The van der Waals surface area contributed by atoms with Crippen LogP contribution in [-0.2, 0) is 0 Å². The minimum atomic E-state index is 0.342. The molecule has 3 aromatic rings. The van der Waals surface area contributed by atoms with Crippen molar-refractivity contribution in [2.45, 2.75) is 39.0 Å². The Labute approximate surface area is 142 Å². The maximum absolute atomic E-state index is 9.91. The van der Waals surface area contributed by atoms with Crippen LogP contribution in [-0.4, -0.2) is 14.7 Å². The lowest BCUT2D eigenvalue weighted by atomic mass is 9.77. The molecule has 1 saturated carbocycles. The van der Waals surface area contributed by atoms with E-state index in [1.165, 1.54) is 36.2 Å². The molecule has 1 aliphatic rings. The summed E-state index contributed by atoms with van der Waals surface area (Å²) in [4.78, 5) is 4.92. The summed E-state index contributed by atoms with van der Waals surface area (Å²) in [6, 6.07) is 16.1. The Balaban J connectivity index is 1.82. The Hall–Kier alpha value is -2.55. The van der Waals surface area contributed by atoms with Crippen molar-refractivity contribution in [3.63, 3.8) is 0 Å². The smallest absolute Gasteiger partial charge is 0.137 e. The van der Waals surface area contributed by atoms with E-state index in [0.29, 0.717) is 11.7 Å². The van der Waals surface area contributed by atoms with Gasteiger partial charge < -0.3 is 9.67 Å². The number of aryl methyl sites for hydroxylation is 2. The molecule has 24 heavy (non-hydrogen) atoms. The van der Waals surface area contributed by atoms with Gasteiger partial charge in [-0.05, 0) is 80.6 Å². The standard InChI is InChI=1S/C21H22N2O/c1-14-9-10-15(2)23(14)21-8-4-7-20(22-21)18-12-11-17(24)13-19(18)16-5-3-6-16/h4,7-13,16,24H,3,5-6H2,1-2H3. The molecule has 3 nitrogen and oxygen atoms in total. The zero-order chi connectivity index (χ0) is 16.7. The number of benzene rings is 1. The number of rotatable bonds is 3. The monoisotopic (exact) mass is 318 g/mol. The summed E-state index contributed by atoms with van der Waals surface area (Å²) < 4.78 is 2.17. The van der Waals surface area contributed by atoms with Gasteiger partial charge >= 0.3 is 0 Å². The van der Waals surface area contributed by atoms with Gasteiger partial charge in [0.15, 0.2) is 0 Å². The summed E-state index contributed by atoms with van der Waals surface area (Å²) in [5.74, 6) is 1.83. The van der Waals surface area contributed by atoms with Crippen molar-refractivity contribution < 1.29 is 5.11 Å². The van der Waals surface area contributed by atoms with Crippen LogP contribution in [0.2, 0.25) is 0 Å². The van der Waals surface area contributed by atoms with Crippen LogP contribution in [0, 0.1) is 13.8 Å². The third-order valence-electron chi connectivity index (χ3n) is 5.09. The predicted molar refractivity (Wildman–Crippen MR) is 96.7 cm³/mol. The molecular formula is C21H22N2O. The van der Waals surface area contributed by atoms with Gasteiger partial charge in [0.1, 0.15) is 11.6 Å². The van der Waals surface area contributed by atoms with Crippen molar-refractivity contribution >= 4 is 0 Å². The van der Waals surface area contributed by atoms with Crippen molar-refractivity contribution in [2.24, 2.45) is 0 Å². The second kappa shape index (κ2) is 5.82. The van der Waals surface area contributed by atoms with E-state index >= 15 is 0 Å². The zero-order valence-electron chi connectivity index (χ0n) is 14.2. The molecule has 4 rings (SSSR count). The molecule has 0 bridgehead atoms. The van der Waals surface area contributed by atoms with Crippen molar-refractivity contribution in [3.8, 4) is 22.8 Å². The summed E-state index contributed by atoms with van der Waals surface area (Å²) in [5.41, 5.74) is 5.71. The first-order valence-electron chi connectivity index (χ1n) is 8.59. The second-order valence-corrected chi connectivity index (χ2v) is 6.73. The fourth-order valence-corrected chi connectivity index (χ4v) is 3.57. The Morgan fingerprint density at radius 1 is 1.00 bits per heavy atom. The van der Waals surface area contributed by atoms with Gasteiger partial charge in [0.05, 0.1) is 5.69 Å². The van der Waals surface area contributed by atoms with Gasteiger partial charge in [-0.3, -0.25) is 0 Å². The van der Waals surface area contributed by atoms with E-state index in [1.807, 2.05) is 18.2 Å². The largest absolute Gasteiger partial charge is 0.508 e. The average Bonchev–Trinajstić information content (AvgIpc) is 2.85. The van der Waals surface area contributed by atoms with Crippen molar-refractivity contribution in [3.05, 3.63) is 65.5 Å². The Morgan fingerprint density at radius 3 is 2.42 bits per heavy atom. The van der Waals surface area contributed by atoms with Gasteiger partial charge in [-0.1, -0.05) is 12.5 Å². The molecule has 0 saturated heterocycles. The minimum absolute atomic E-state index is 0.342. The molecule has 0 radical (unpaired) electrons. The van der Waals surface area contributed by atoms with E-state index < -0.39 is 0 Å². The van der Waals surface area contributed by atoms with E-state index in [2.05, 4.69) is 42.7 Å². The molecular weight excluding hydrogens is 296 g/mol. The molecule has 0 atom stereocenters. The first kappa shape index (κ1) is 15.0. The van der Waals surface area contributed by atoms with E-state index in [0.717, 1.165) is 17.1 Å². The molecule has 1 N–H and O–H groups in total. The van der Waals surface area contributed by atoms with Crippen LogP contribution in [0.15, 0.2) is 48.5 Å². The molecule has 1 aromatic carbocycles. The first-order chi connectivity index (χ1) is 11.6. The molecule has 122 valence electrons. The summed E-state index contributed by atoms with van der Waals surface area (Å²) in [6.45, 7) is 4.20. The molecule has 2 aromatic heterocycles. The number of aromatic hydroxyl groups is 1. The number of hydrogen-bond acceptors (Lipinski definition) is 2. The molecule has 0 amide bonds. The maximum atomic E-state index is 9.91. The van der Waals surface area contributed by atoms with E-state index in [1.54, 1.807) is 6.07 Å². The lowest BCUT2D eigenvalue weighted by molar-refractivity contribution is 0.416. The van der Waals surface area contributed by atoms with Crippen LogP contribution in [0.25, 0.3) is 17.1 Å². The van der Waals surface area contributed by atoms with Crippen LogP contribution < -0.4 is 0 Å². The van der Waals surface area contributed by atoms with Crippen molar-refractivity contribution in [2.75, 3.05) is 0 Å². The van der Waals surface area contributed by atoms with Crippen LogP contribution in [0.5, 0.6) is 5.75 Å². The fraction of sp³-hybridized carbons (Fsp3) is 0.286. The lowest BCUT2D eigenvalue weighted by Crippen LogP contribution is -2.10. The highest BCUT2D eigenvalue weighted by Crippen LogP contribution is 2.42. The Bertz CT molecular complexity index is 871. The summed E-state index contributed by atoms with van der Waals surface area (Å²) in [7, 11) is 0. The maximum Gasteiger partial charge on any atom is 0.137 e. The summed E-state index contributed by atoms with van der Waals surface area (Å²) in [6.07, 6.45) is 3.67. The summed E-state index contributed by atoms with van der Waals surface area (Å²) in [5, 5.41) is 9.91. The first-order valence-corrected chi connectivity index (χ1v) is 8.59.